The number of hydrogen-bond donors (Lipinski definition) is 0. The average molecular weight is 276 g/mol. The van der Waals surface area contributed by atoms with E-state index in [4.69, 9.17) is 9.59 Å². The summed E-state index contributed by atoms with van der Waals surface area (Å²) in [6.07, 6.45) is 0.623. The summed E-state index contributed by atoms with van der Waals surface area (Å²) in [5.41, 5.74) is 0. The van der Waals surface area contributed by atoms with Gasteiger partial charge in [0.15, 0.2) is 0 Å². The van der Waals surface area contributed by atoms with Gasteiger partial charge in [-0.25, -0.2) is 0 Å². The molecule has 0 aliphatic rings. The van der Waals surface area contributed by atoms with E-state index in [9.17, 15) is 9.59 Å². The van der Waals surface area contributed by atoms with Gasteiger partial charge in [0.25, 0.3) is 0 Å². The molecule has 0 aromatic rings. The molecule has 0 aromatic carbocycles. The molecule has 0 heterocycles. The van der Waals surface area contributed by atoms with Crippen LogP contribution >= 0.6 is 0 Å². The summed E-state index contributed by atoms with van der Waals surface area (Å²) in [5, 5.41) is 0. The van der Waals surface area contributed by atoms with Crippen molar-refractivity contribution >= 4 is 25.1 Å². The third kappa shape index (κ3) is 54.0. The van der Waals surface area contributed by atoms with Crippen molar-refractivity contribution in [2.75, 3.05) is 0 Å². The van der Waals surface area contributed by atoms with Gasteiger partial charge in [0, 0.05) is 25.9 Å². The number of ketones is 2. The van der Waals surface area contributed by atoms with Crippen molar-refractivity contribution in [1.29, 1.82) is 0 Å². The Bertz CT molecular complexity index is 120. The molecule has 1 radical (unpaired) electrons. The molecule has 0 N–H and O–H groups in total. The van der Waals surface area contributed by atoms with Gasteiger partial charge in [-0.1, -0.05) is 0 Å². The van der Waals surface area contributed by atoms with Gasteiger partial charge in [-0.3, -0.25) is 0 Å². The van der Waals surface area contributed by atoms with E-state index in [1.165, 1.54) is 6.92 Å². The van der Waals surface area contributed by atoms with Crippen LogP contribution in [-0.4, -0.2) is 25.1 Å². The molecule has 0 amide bonds. The van der Waals surface area contributed by atoms with E-state index in [0.29, 0.717) is 6.42 Å². The molecule has 0 bridgehead atoms. The molecular formula is C8H13O4Rh-. The van der Waals surface area contributed by atoms with Crippen LogP contribution in [0.2, 0.25) is 0 Å². The Morgan fingerprint density at radius 3 is 1.46 bits per heavy atom. The van der Waals surface area contributed by atoms with E-state index in [1.54, 1.807) is 0 Å². The molecule has 5 heteroatoms. The molecule has 0 saturated carbocycles. The average Bonchev–Trinajstić information content (AvgIpc) is 2.08. The maximum absolute atomic E-state index is 10.2. The minimum absolute atomic E-state index is 0. The number of hydrogen-bond acceptors (Lipinski definition) is 4. The second-order valence-electron chi connectivity index (χ2n) is 1.74. The fourth-order valence-electron chi connectivity index (χ4n) is 0.315. The Hall–Kier alpha value is -0.827. The first kappa shape index (κ1) is 22.7. The van der Waals surface area contributed by atoms with E-state index in [1.807, 2.05) is 13.6 Å². The van der Waals surface area contributed by atoms with Gasteiger partial charge in [0.2, 0.25) is 0 Å². The van der Waals surface area contributed by atoms with E-state index >= 15 is 0 Å². The number of carbonyl (C=O) groups is 4. The zero-order valence-electron chi connectivity index (χ0n) is 7.50. The Morgan fingerprint density at radius 1 is 1.08 bits per heavy atom. The minimum Gasteiger partial charge on any atom is -0.339 e. The van der Waals surface area contributed by atoms with Crippen LogP contribution in [0.25, 0.3) is 0 Å². The molecule has 79 valence electrons. The number of carbonyl (C=O) groups excluding carboxylic acids is 4. The van der Waals surface area contributed by atoms with Crippen molar-refractivity contribution in [3.63, 3.8) is 0 Å². The van der Waals surface area contributed by atoms with Crippen LogP contribution in [0.1, 0.15) is 19.8 Å². The summed E-state index contributed by atoms with van der Waals surface area (Å²) in [4.78, 5) is 36.3. The van der Waals surface area contributed by atoms with E-state index in [-0.39, 0.29) is 37.5 Å². The molecule has 0 rings (SSSR count). The third-order valence-corrected chi connectivity index (χ3v) is 0.756. The SMILES string of the molecule is C=O.C=O.[CH2-]C(=O)CCC(C)=O.[Rh]. The van der Waals surface area contributed by atoms with Crippen molar-refractivity contribution < 1.29 is 38.7 Å². The predicted octanol–water partition coefficient (Wildman–Crippen LogP) is 0.386. The molecule has 0 aromatic heterocycles. The normalized spacial score (nSPS) is 5.92. The van der Waals surface area contributed by atoms with Crippen molar-refractivity contribution in [3.8, 4) is 0 Å². The molecule has 0 atom stereocenters. The molecular weight excluding hydrogens is 263 g/mol. The van der Waals surface area contributed by atoms with Gasteiger partial charge in [-0.2, -0.15) is 0 Å². The summed E-state index contributed by atoms with van der Waals surface area (Å²) in [5.74, 6) is -0.123. The molecule has 0 aliphatic heterocycles. The quantitative estimate of drug-likeness (QED) is 0.552. The Labute approximate surface area is 90.8 Å². The third-order valence-electron chi connectivity index (χ3n) is 0.756. The standard InChI is InChI=1S/C6H9O2.2CH2O.Rh/c1-5(7)3-4-6(2)8;2*1-2;/h1,3-4H2,2H3;2*1H2;/q-1;;;. The van der Waals surface area contributed by atoms with Gasteiger partial charge < -0.3 is 26.1 Å². The van der Waals surface area contributed by atoms with E-state index in [0.717, 1.165) is 0 Å². The fraction of sp³-hybridized carbons (Fsp3) is 0.375. The van der Waals surface area contributed by atoms with Gasteiger partial charge in [0.1, 0.15) is 19.4 Å². The smallest absolute Gasteiger partial charge is 0.130 e. The maximum Gasteiger partial charge on any atom is 0.130 e. The van der Waals surface area contributed by atoms with Crippen molar-refractivity contribution in [2.24, 2.45) is 0 Å². The molecule has 0 aliphatic carbocycles. The molecule has 0 fully saturated rings. The summed E-state index contributed by atoms with van der Waals surface area (Å²) in [6, 6.07) is 0. The summed E-state index contributed by atoms with van der Waals surface area (Å²) in [6.45, 7) is 8.58. The number of rotatable bonds is 3. The fourth-order valence-corrected chi connectivity index (χ4v) is 0.315. The van der Waals surface area contributed by atoms with Gasteiger partial charge in [-0.05, 0) is 19.1 Å². The molecule has 4 nitrogen and oxygen atoms in total. The molecule has 13 heavy (non-hydrogen) atoms. The molecule has 0 unspecified atom stereocenters. The van der Waals surface area contributed by atoms with Crippen LogP contribution in [0.3, 0.4) is 0 Å². The topological polar surface area (TPSA) is 68.3 Å². The Balaban J connectivity index is -0.0000000712. The molecule has 0 saturated heterocycles. The Morgan fingerprint density at radius 2 is 1.38 bits per heavy atom. The predicted molar refractivity (Wildman–Crippen MR) is 44.5 cm³/mol. The Kier molecular flexibility index (Phi) is 39.3. The van der Waals surface area contributed by atoms with Crippen LogP contribution in [0, 0.1) is 6.92 Å². The van der Waals surface area contributed by atoms with Crippen molar-refractivity contribution in [1.82, 2.24) is 0 Å². The maximum atomic E-state index is 10.2. The number of Topliss-reactive ketones (excluding diaryl/α,β-unsaturated/α-hetero) is 2. The molecule has 0 spiro atoms. The van der Waals surface area contributed by atoms with E-state index < -0.39 is 0 Å². The van der Waals surface area contributed by atoms with Crippen LogP contribution in [0.5, 0.6) is 0 Å². The van der Waals surface area contributed by atoms with Crippen molar-refractivity contribution in [3.05, 3.63) is 6.92 Å². The largest absolute Gasteiger partial charge is 0.339 e. The minimum atomic E-state index is -0.166. The zero-order valence-corrected chi connectivity index (χ0v) is 9.14. The second-order valence-corrected chi connectivity index (χ2v) is 1.74. The second kappa shape index (κ2) is 22.5. The summed E-state index contributed by atoms with van der Waals surface area (Å²) in [7, 11) is 0. The van der Waals surface area contributed by atoms with Gasteiger partial charge in [0.05, 0.1) is 0 Å². The van der Waals surface area contributed by atoms with Gasteiger partial charge >= 0.3 is 0 Å². The summed E-state index contributed by atoms with van der Waals surface area (Å²) < 4.78 is 0. The van der Waals surface area contributed by atoms with E-state index in [2.05, 4.69) is 6.92 Å². The van der Waals surface area contributed by atoms with Crippen LogP contribution < -0.4 is 0 Å². The first-order valence-corrected chi connectivity index (χ1v) is 3.05. The van der Waals surface area contributed by atoms with Crippen LogP contribution in [-0.2, 0) is 38.7 Å². The van der Waals surface area contributed by atoms with Crippen LogP contribution in [0.4, 0.5) is 0 Å². The van der Waals surface area contributed by atoms with Crippen molar-refractivity contribution in [2.45, 2.75) is 19.8 Å². The first-order valence-electron chi connectivity index (χ1n) is 3.05. The zero-order chi connectivity index (χ0) is 10.6. The first-order chi connectivity index (χ1) is 5.63. The van der Waals surface area contributed by atoms with Gasteiger partial charge in [-0.15, -0.1) is 0 Å². The summed E-state index contributed by atoms with van der Waals surface area (Å²) >= 11 is 0. The van der Waals surface area contributed by atoms with Crippen LogP contribution in [0.15, 0.2) is 0 Å². The monoisotopic (exact) mass is 276 g/mol.